The molecule has 19 heavy (non-hydrogen) atoms. The first kappa shape index (κ1) is 13.5. The Bertz CT molecular complexity index is 470. The van der Waals surface area contributed by atoms with Crippen molar-refractivity contribution in [3.8, 4) is 0 Å². The normalized spacial score (nSPS) is 16.5. The lowest BCUT2D eigenvalue weighted by Crippen LogP contribution is -2.45. The van der Waals surface area contributed by atoms with Gasteiger partial charge in [-0.2, -0.15) is 4.98 Å². The highest BCUT2D eigenvalue weighted by Gasteiger charge is 2.37. The molecule has 1 aromatic rings. The first-order chi connectivity index (χ1) is 9.10. The molecule has 0 atom stereocenters. The molecule has 1 fully saturated rings. The molecule has 1 aromatic heterocycles. The summed E-state index contributed by atoms with van der Waals surface area (Å²) < 4.78 is 5.46. The number of ether oxygens (including phenoxy) is 1. The van der Waals surface area contributed by atoms with Crippen LogP contribution in [0.15, 0.2) is 6.20 Å². The third kappa shape index (κ3) is 2.73. The van der Waals surface area contributed by atoms with Crippen molar-refractivity contribution in [1.82, 2.24) is 9.97 Å². The van der Waals surface area contributed by atoms with Gasteiger partial charge >= 0.3 is 5.69 Å². The van der Waals surface area contributed by atoms with Gasteiger partial charge in [-0.05, 0) is 19.3 Å². The summed E-state index contributed by atoms with van der Waals surface area (Å²) in [5.74, 6) is 0.556. The number of hydrogen-bond acceptors (Lipinski definition) is 7. The molecular formula is C11H17N5O3. The Morgan fingerprint density at radius 1 is 1.58 bits per heavy atom. The van der Waals surface area contributed by atoms with Crippen LogP contribution in [-0.4, -0.2) is 41.2 Å². The predicted molar refractivity (Wildman–Crippen MR) is 70.3 cm³/mol. The Hall–Kier alpha value is -1.96. The number of methoxy groups -OCH3 is 1. The maximum absolute atomic E-state index is 10.9. The summed E-state index contributed by atoms with van der Waals surface area (Å²) in [7, 11) is 3.32. The summed E-state index contributed by atoms with van der Waals surface area (Å²) in [4.78, 5) is 18.4. The van der Waals surface area contributed by atoms with E-state index in [9.17, 15) is 10.1 Å². The van der Waals surface area contributed by atoms with Crippen LogP contribution in [0.2, 0.25) is 0 Å². The van der Waals surface area contributed by atoms with Crippen molar-refractivity contribution in [3.63, 3.8) is 0 Å². The van der Waals surface area contributed by atoms with Gasteiger partial charge in [0.15, 0.2) is 0 Å². The quantitative estimate of drug-likeness (QED) is 0.593. The third-order valence-electron chi connectivity index (χ3n) is 3.47. The molecular weight excluding hydrogens is 250 g/mol. The molecule has 2 N–H and O–H groups in total. The molecule has 1 saturated carbocycles. The highest BCUT2D eigenvalue weighted by atomic mass is 16.6. The standard InChI is InChI=1S/C11H17N5O3/c1-12-10-13-6-8(16(17)18)9(15-10)14-7-11(19-2)4-3-5-11/h6H,3-5,7H2,1-2H3,(H2,12,13,14,15). The van der Waals surface area contributed by atoms with Crippen LogP contribution in [0.4, 0.5) is 17.5 Å². The lowest BCUT2D eigenvalue weighted by Gasteiger charge is -2.40. The highest BCUT2D eigenvalue weighted by Crippen LogP contribution is 2.35. The maximum Gasteiger partial charge on any atom is 0.329 e. The van der Waals surface area contributed by atoms with Gasteiger partial charge in [-0.25, -0.2) is 4.98 Å². The van der Waals surface area contributed by atoms with Gasteiger partial charge < -0.3 is 15.4 Å². The van der Waals surface area contributed by atoms with Crippen LogP contribution < -0.4 is 10.6 Å². The van der Waals surface area contributed by atoms with Gasteiger partial charge in [-0.15, -0.1) is 0 Å². The van der Waals surface area contributed by atoms with Gasteiger partial charge in [0.25, 0.3) is 0 Å². The minimum atomic E-state index is -0.498. The van der Waals surface area contributed by atoms with E-state index in [4.69, 9.17) is 4.74 Å². The van der Waals surface area contributed by atoms with Gasteiger partial charge in [0.1, 0.15) is 6.20 Å². The summed E-state index contributed by atoms with van der Waals surface area (Å²) in [5, 5.41) is 16.7. The second kappa shape index (κ2) is 5.35. The van der Waals surface area contributed by atoms with Gasteiger partial charge in [0, 0.05) is 20.7 Å². The van der Waals surface area contributed by atoms with E-state index in [2.05, 4.69) is 20.6 Å². The average molecular weight is 267 g/mol. The number of anilines is 2. The van der Waals surface area contributed by atoms with Crippen molar-refractivity contribution in [1.29, 1.82) is 0 Å². The second-order valence-corrected chi connectivity index (χ2v) is 4.53. The van der Waals surface area contributed by atoms with Crippen LogP contribution in [-0.2, 0) is 4.74 Å². The van der Waals surface area contributed by atoms with Crippen LogP contribution in [0.1, 0.15) is 19.3 Å². The first-order valence-electron chi connectivity index (χ1n) is 6.08. The minimum Gasteiger partial charge on any atom is -0.376 e. The molecule has 0 spiro atoms. The molecule has 104 valence electrons. The Labute approximate surface area is 110 Å². The molecule has 0 bridgehead atoms. The highest BCUT2D eigenvalue weighted by molar-refractivity contribution is 5.57. The number of rotatable bonds is 6. The van der Waals surface area contributed by atoms with Crippen molar-refractivity contribution in [2.45, 2.75) is 24.9 Å². The topological polar surface area (TPSA) is 102 Å². The smallest absolute Gasteiger partial charge is 0.329 e. The summed E-state index contributed by atoms with van der Waals surface area (Å²) in [5.41, 5.74) is -0.358. The van der Waals surface area contributed by atoms with E-state index in [-0.39, 0.29) is 17.1 Å². The maximum atomic E-state index is 10.9. The van der Waals surface area contributed by atoms with Crippen molar-refractivity contribution >= 4 is 17.5 Å². The molecule has 0 saturated heterocycles. The zero-order chi connectivity index (χ0) is 13.9. The summed E-state index contributed by atoms with van der Waals surface area (Å²) in [6.45, 7) is 0.504. The van der Waals surface area contributed by atoms with Crippen molar-refractivity contribution in [2.75, 3.05) is 31.3 Å². The van der Waals surface area contributed by atoms with E-state index < -0.39 is 4.92 Å². The van der Waals surface area contributed by atoms with Crippen molar-refractivity contribution in [2.24, 2.45) is 0 Å². The number of aromatic nitrogens is 2. The zero-order valence-corrected chi connectivity index (χ0v) is 11.0. The van der Waals surface area contributed by atoms with Gasteiger partial charge in [-0.1, -0.05) is 0 Å². The summed E-state index contributed by atoms with van der Waals surface area (Å²) in [6.07, 6.45) is 4.22. The predicted octanol–water partition coefficient (Wildman–Crippen LogP) is 1.41. The monoisotopic (exact) mass is 267 g/mol. The molecule has 1 aliphatic rings. The number of nitrogens with one attached hydrogen (secondary N) is 2. The number of hydrogen-bond donors (Lipinski definition) is 2. The molecule has 1 heterocycles. The van der Waals surface area contributed by atoms with Crippen LogP contribution in [0.3, 0.4) is 0 Å². The molecule has 0 unspecified atom stereocenters. The average Bonchev–Trinajstić information content (AvgIpc) is 2.37. The molecule has 0 amide bonds. The van der Waals surface area contributed by atoms with E-state index in [0.717, 1.165) is 19.3 Å². The van der Waals surface area contributed by atoms with Gasteiger partial charge in [0.05, 0.1) is 10.5 Å². The van der Waals surface area contributed by atoms with E-state index in [0.29, 0.717) is 12.5 Å². The summed E-state index contributed by atoms with van der Waals surface area (Å²) >= 11 is 0. The fourth-order valence-electron chi connectivity index (χ4n) is 2.03. The van der Waals surface area contributed by atoms with Crippen LogP contribution >= 0.6 is 0 Å². The lowest BCUT2D eigenvalue weighted by atomic mass is 9.80. The van der Waals surface area contributed by atoms with E-state index in [1.54, 1.807) is 14.2 Å². The SMILES string of the molecule is CNc1ncc([N+](=O)[O-])c(NCC2(OC)CCC2)n1. The van der Waals surface area contributed by atoms with Crippen LogP contribution in [0, 0.1) is 10.1 Å². The fourth-order valence-corrected chi connectivity index (χ4v) is 2.03. The number of nitro groups is 1. The van der Waals surface area contributed by atoms with Crippen molar-refractivity contribution < 1.29 is 9.66 Å². The summed E-state index contributed by atoms with van der Waals surface area (Å²) in [6, 6.07) is 0. The Morgan fingerprint density at radius 2 is 2.32 bits per heavy atom. The fraction of sp³-hybridized carbons (Fsp3) is 0.636. The Morgan fingerprint density at radius 3 is 2.79 bits per heavy atom. The second-order valence-electron chi connectivity index (χ2n) is 4.53. The van der Waals surface area contributed by atoms with Gasteiger partial charge in [-0.3, -0.25) is 10.1 Å². The van der Waals surface area contributed by atoms with Crippen LogP contribution in [0.25, 0.3) is 0 Å². The number of nitrogens with zero attached hydrogens (tertiary/aromatic N) is 3. The lowest BCUT2D eigenvalue weighted by molar-refractivity contribution is -0.384. The van der Waals surface area contributed by atoms with Crippen molar-refractivity contribution in [3.05, 3.63) is 16.3 Å². The zero-order valence-electron chi connectivity index (χ0n) is 11.0. The molecule has 0 aliphatic heterocycles. The minimum absolute atomic E-state index is 0.135. The van der Waals surface area contributed by atoms with E-state index >= 15 is 0 Å². The van der Waals surface area contributed by atoms with Gasteiger partial charge in [0.2, 0.25) is 11.8 Å². The Kier molecular flexibility index (Phi) is 3.79. The Balaban J connectivity index is 2.15. The van der Waals surface area contributed by atoms with E-state index in [1.165, 1.54) is 6.20 Å². The largest absolute Gasteiger partial charge is 0.376 e. The third-order valence-corrected chi connectivity index (χ3v) is 3.47. The molecule has 2 rings (SSSR count). The molecule has 0 radical (unpaired) electrons. The molecule has 8 heteroatoms. The van der Waals surface area contributed by atoms with E-state index in [1.807, 2.05) is 0 Å². The molecule has 1 aliphatic carbocycles. The molecule has 0 aromatic carbocycles. The first-order valence-corrected chi connectivity index (χ1v) is 6.08. The van der Waals surface area contributed by atoms with Crippen LogP contribution in [0.5, 0.6) is 0 Å². The molecule has 8 nitrogen and oxygen atoms in total.